The van der Waals surface area contributed by atoms with Gasteiger partial charge in [0.25, 0.3) is 0 Å². The number of hydrogen-bond donors (Lipinski definition) is 0. The van der Waals surface area contributed by atoms with Crippen LogP contribution in [-0.2, 0) is 6.61 Å². The highest BCUT2D eigenvalue weighted by molar-refractivity contribution is 5.45. The molecule has 0 unspecified atom stereocenters. The molecule has 1 aromatic carbocycles. The number of ether oxygens (including phenoxy) is 1. The van der Waals surface area contributed by atoms with Crippen LogP contribution in [0.15, 0.2) is 47.1 Å². The van der Waals surface area contributed by atoms with Crippen LogP contribution in [0.1, 0.15) is 5.76 Å². The number of nitro groups is 1. The van der Waals surface area contributed by atoms with Gasteiger partial charge in [-0.2, -0.15) is 0 Å². The molecule has 0 N–H and O–H groups in total. The van der Waals surface area contributed by atoms with Crippen LogP contribution in [0.5, 0.6) is 5.75 Å². The molecule has 1 heterocycles. The molecule has 0 saturated carbocycles. The standard InChI is InChI=1S/C11H9NO4/c13-12(14)10-5-1-2-6-11(10)16-8-9-4-3-7-15-9/h1-7H,8H2. The molecule has 0 spiro atoms. The van der Waals surface area contributed by atoms with Gasteiger partial charge in [0.1, 0.15) is 12.4 Å². The highest BCUT2D eigenvalue weighted by Gasteiger charge is 2.13. The third kappa shape index (κ3) is 2.20. The lowest BCUT2D eigenvalue weighted by Gasteiger charge is -2.04. The number of nitro benzene ring substituents is 1. The molecule has 2 aromatic rings. The summed E-state index contributed by atoms with van der Waals surface area (Å²) in [5, 5.41) is 10.7. The van der Waals surface area contributed by atoms with Crippen molar-refractivity contribution in [2.75, 3.05) is 0 Å². The van der Waals surface area contributed by atoms with E-state index < -0.39 is 4.92 Å². The normalized spacial score (nSPS) is 10.0. The molecule has 5 nitrogen and oxygen atoms in total. The number of hydrogen-bond acceptors (Lipinski definition) is 4. The number of benzene rings is 1. The fraction of sp³-hybridized carbons (Fsp3) is 0.0909. The van der Waals surface area contributed by atoms with Crippen LogP contribution in [-0.4, -0.2) is 4.92 Å². The van der Waals surface area contributed by atoms with Gasteiger partial charge in [-0.25, -0.2) is 0 Å². The maximum absolute atomic E-state index is 10.7. The van der Waals surface area contributed by atoms with Gasteiger partial charge in [-0.15, -0.1) is 0 Å². The fourth-order valence-electron chi connectivity index (χ4n) is 1.27. The molecule has 5 heteroatoms. The quantitative estimate of drug-likeness (QED) is 0.585. The minimum absolute atomic E-state index is 0.0472. The Morgan fingerprint density at radius 3 is 2.75 bits per heavy atom. The van der Waals surface area contributed by atoms with E-state index >= 15 is 0 Å². The Hall–Kier alpha value is -2.30. The molecule has 0 aliphatic carbocycles. The maximum Gasteiger partial charge on any atom is 0.310 e. The number of furan rings is 1. The molecule has 1 aromatic heterocycles. The molecule has 0 aliphatic heterocycles. The van der Waals surface area contributed by atoms with Crippen LogP contribution in [0.3, 0.4) is 0 Å². The highest BCUT2D eigenvalue weighted by atomic mass is 16.6. The summed E-state index contributed by atoms with van der Waals surface area (Å²) in [5.74, 6) is 0.863. The van der Waals surface area contributed by atoms with Crippen LogP contribution in [0.2, 0.25) is 0 Å². The van der Waals surface area contributed by atoms with Crippen molar-refractivity contribution in [3.05, 3.63) is 58.5 Å². The van der Waals surface area contributed by atoms with Crippen LogP contribution < -0.4 is 4.74 Å². The van der Waals surface area contributed by atoms with Crippen molar-refractivity contribution in [3.63, 3.8) is 0 Å². The van der Waals surface area contributed by atoms with E-state index in [1.165, 1.54) is 12.3 Å². The smallest absolute Gasteiger partial charge is 0.310 e. The van der Waals surface area contributed by atoms with Crippen molar-refractivity contribution in [1.82, 2.24) is 0 Å². The summed E-state index contributed by atoms with van der Waals surface area (Å²) in [6.07, 6.45) is 1.53. The molecule has 0 saturated heterocycles. The number of para-hydroxylation sites is 2. The average molecular weight is 219 g/mol. The molecule has 0 aliphatic rings. The van der Waals surface area contributed by atoms with E-state index in [4.69, 9.17) is 9.15 Å². The average Bonchev–Trinajstić information content (AvgIpc) is 2.79. The van der Waals surface area contributed by atoms with Gasteiger partial charge in [0.05, 0.1) is 11.2 Å². The second-order valence-electron chi connectivity index (χ2n) is 3.09. The first-order valence-electron chi connectivity index (χ1n) is 4.66. The minimum atomic E-state index is -0.475. The van der Waals surface area contributed by atoms with Gasteiger partial charge in [0, 0.05) is 6.07 Å². The molecular formula is C11H9NO4. The molecule has 82 valence electrons. The molecule has 16 heavy (non-hydrogen) atoms. The van der Waals surface area contributed by atoms with Gasteiger partial charge >= 0.3 is 5.69 Å². The van der Waals surface area contributed by atoms with Crippen molar-refractivity contribution < 1.29 is 14.1 Å². The summed E-state index contributed by atoms with van der Waals surface area (Å²) in [7, 11) is 0. The summed E-state index contributed by atoms with van der Waals surface area (Å²) in [5.41, 5.74) is -0.0472. The van der Waals surface area contributed by atoms with Crippen LogP contribution in [0.4, 0.5) is 5.69 Å². The van der Waals surface area contributed by atoms with E-state index in [1.807, 2.05) is 0 Å². The second kappa shape index (κ2) is 4.48. The van der Waals surface area contributed by atoms with Crippen molar-refractivity contribution in [2.45, 2.75) is 6.61 Å². The lowest BCUT2D eigenvalue weighted by Crippen LogP contribution is -1.97. The van der Waals surface area contributed by atoms with E-state index in [-0.39, 0.29) is 18.0 Å². The van der Waals surface area contributed by atoms with Gasteiger partial charge in [-0.3, -0.25) is 10.1 Å². The highest BCUT2D eigenvalue weighted by Crippen LogP contribution is 2.26. The Kier molecular flexibility index (Phi) is 2.86. The van der Waals surface area contributed by atoms with Crippen molar-refractivity contribution in [1.29, 1.82) is 0 Å². The summed E-state index contributed by atoms with van der Waals surface area (Å²) in [6.45, 7) is 0.178. The molecule has 0 radical (unpaired) electrons. The molecule has 0 atom stereocenters. The van der Waals surface area contributed by atoms with Gasteiger partial charge in [0.15, 0.2) is 5.75 Å². The largest absolute Gasteiger partial charge is 0.479 e. The predicted octanol–water partition coefficient (Wildman–Crippen LogP) is 2.77. The van der Waals surface area contributed by atoms with E-state index in [2.05, 4.69) is 0 Å². The first-order chi connectivity index (χ1) is 7.77. The molecule has 0 amide bonds. The molecule has 0 fully saturated rings. The molecular weight excluding hydrogens is 210 g/mol. The number of rotatable bonds is 4. The zero-order valence-electron chi connectivity index (χ0n) is 8.33. The van der Waals surface area contributed by atoms with Crippen molar-refractivity contribution >= 4 is 5.69 Å². The topological polar surface area (TPSA) is 65.5 Å². The summed E-state index contributed by atoms with van der Waals surface area (Å²) < 4.78 is 10.4. The Morgan fingerprint density at radius 2 is 2.06 bits per heavy atom. The maximum atomic E-state index is 10.7. The van der Waals surface area contributed by atoms with E-state index in [0.29, 0.717) is 5.76 Å². The van der Waals surface area contributed by atoms with Gasteiger partial charge in [0.2, 0.25) is 0 Å². The predicted molar refractivity (Wildman–Crippen MR) is 56.1 cm³/mol. The minimum Gasteiger partial charge on any atom is -0.479 e. The number of nitrogens with zero attached hydrogens (tertiary/aromatic N) is 1. The fourth-order valence-corrected chi connectivity index (χ4v) is 1.27. The second-order valence-corrected chi connectivity index (χ2v) is 3.09. The third-order valence-corrected chi connectivity index (χ3v) is 2.01. The van der Waals surface area contributed by atoms with Crippen molar-refractivity contribution in [3.8, 4) is 5.75 Å². The van der Waals surface area contributed by atoms with Gasteiger partial charge < -0.3 is 9.15 Å². The summed E-state index contributed by atoms with van der Waals surface area (Å²) in [6, 6.07) is 9.72. The summed E-state index contributed by atoms with van der Waals surface area (Å²) >= 11 is 0. The van der Waals surface area contributed by atoms with Gasteiger partial charge in [-0.1, -0.05) is 12.1 Å². The Balaban J connectivity index is 2.12. The van der Waals surface area contributed by atoms with Gasteiger partial charge in [-0.05, 0) is 18.2 Å². The SMILES string of the molecule is O=[N+]([O-])c1ccccc1OCc1ccco1. The Labute approximate surface area is 91.4 Å². The first kappa shape index (κ1) is 10.2. The summed E-state index contributed by atoms with van der Waals surface area (Å²) in [4.78, 5) is 10.2. The van der Waals surface area contributed by atoms with Crippen LogP contribution in [0, 0.1) is 10.1 Å². The molecule has 0 bridgehead atoms. The third-order valence-electron chi connectivity index (χ3n) is 2.01. The lowest BCUT2D eigenvalue weighted by atomic mass is 10.3. The Morgan fingerprint density at radius 1 is 1.25 bits per heavy atom. The van der Waals surface area contributed by atoms with E-state index in [1.54, 1.807) is 30.3 Å². The first-order valence-corrected chi connectivity index (χ1v) is 4.66. The Bertz CT molecular complexity index is 478. The lowest BCUT2D eigenvalue weighted by molar-refractivity contribution is -0.386. The zero-order chi connectivity index (χ0) is 11.4. The molecule has 2 rings (SSSR count). The van der Waals surface area contributed by atoms with E-state index in [0.717, 1.165) is 0 Å². The van der Waals surface area contributed by atoms with Crippen LogP contribution >= 0.6 is 0 Å². The van der Waals surface area contributed by atoms with E-state index in [9.17, 15) is 10.1 Å². The monoisotopic (exact) mass is 219 g/mol. The van der Waals surface area contributed by atoms with Crippen LogP contribution in [0.25, 0.3) is 0 Å². The zero-order valence-corrected chi connectivity index (χ0v) is 8.33. The van der Waals surface area contributed by atoms with Crippen molar-refractivity contribution in [2.24, 2.45) is 0 Å².